The summed E-state index contributed by atoms with van der Waals surface area (Å²) in [6, 6.07) is 0. The minimum atomic E-state index is 0. The van der Waals surface area contributed by atoms with Gasteiger partial charge in [-0.3, -0.25) is 0 Å². The van der Waals surface area contributed by atoms with Gasteiger partial charge in [-0.1, -0.05) is 0 Å². The molecule has 0 bridgehead atoms. The van der Waals surface area contributed by atoms with E-state index in [1.165, 1.54) is 0 Å². The smallest absolute Gasteiger partial charge is 0.346 e. The van der Waals surface area contributed by atoms with Gasteiger partial charge in [0.05, 0.1) is 0 Å². The third kappa shape index (κ3) is 59.7. The van der Waals surface area contributed by atoms with Gasteiger partial charge in [-0.05, 0) is 0 Å². The summed E-state index contributed by atoms with van der Waals surface area (Å²) in [5.74, 6) is 0. The summed E-state index contributed by atoms with van der Waals surface area (Å²) in [6.07, 6.45) is 3.83. The van der Waals surface area contributed by atoms with Crippen LogP contribution >= 0.6 is 0 Å². The zero-order valence-corrected chi connectivity index (χ0v) is 13.0. The largest absolute Gasteiger partial charge is 2.00 e. The van der Waals surface area contributed by atoms with Gasteiger partial charge < -0.3 is 27.7 Å². The van der Waals surface area contributed by atoms with Gasteiger partial charge in [0.15, 0.2) is 0 Å². The van der Waals surface area contributed by atoms with Gasteiger partial charge in [0, 0.05) is 0 Å². The molecule has 0 fully saturated rings. The molecule has 0 aliphatic carbocycles. The maximum atomic E-state index is 3.54. The van der Waals surface area contributed by atoms with E-state index in [-0.39, 0.29) is 39.0 Å². The van der Waals surface area contributed by atoms with Crippen molar-refractivity contribution in [2.75, 3.05) is 0 Å². The quantitative estimate of drug-likeness (QED) is 0.516. The van der Waals surface area contributed by atoms with Crippen LogP contribution in [0.25, 0.3) is 0 Å². The van der Waals surface area contributed by atoms with E-state index in [2.05, 4.69) is 27.7 Å². The standard InChI is InChI=1S/2C4H8.2Zn/c2*1-3-4-2;;/h2*1-4H2;;/q2*-2;2*+2. The van der Waals surface area contributed by atoms with Crippen molar-refractivity contribution in [2.24, 2.45) is 0 Å². The van der Waals surface area contributed by atoms with E-state index in [0.717, 1.165) is 25.7 Å². The predicted octanol–water partition coefficient (Wildman–Crippen LogP) is 2.86. The fraction of sp³-hybridized carbons (Fsp3) is 0.500. The average Bonchev–Trinajstić information content (AvgIpc) is 1.88. The fourth-order valence-electron chi connectivity index (χ4n) is 0. The molecule has 2 heteroatoms. The van der Waals surface area contributed by atoms with Crippen molar-refractivity contribution in [1.82, 2.24) is 0 Å². The van der Waals surface area contributed by atoms with Gasteiger partial charge in [0.25, 0.3) is 0 Å². The van der Waals surface area contributed by atoms with Crippen LogP contribution in [-0.4, -0.2) is 0 Å². The van der Waals surface area contributed by atoms with Crippen LogP contribution in [0.15, 0.2) is 0 Å². The first kappa shape index (κ1) is 22.5. The summed E-state index contributed by atoms with van der Waals surface area (Å²) in [7, 11) is 0. The first-order chi connectivity index (χ1) is 3.83. The molecule has 0 aliphatic rings. The molecular weight excluding hydrogens is 227 g/mol. The predicted molar refractivity (Wildman–Crippen MR) is 39.9 cm³/mol. The molecule has 0 radical (unpaired) electrons. The van der Waals surface area contributed by atoms with E-state index in [4.69, 9.17) is 0 Å². The van der Waals surface area contributed by atoms with Crippen molar-refractivity contribution < 1.29 is 39.0 Å². The number of rotatable bonds is 2. The van der Waals surface area contributed by atoms with Gasteiger partial charge >= 0.3 is 39.0 Å². The monoisotopic (exact) mass is 240 g/mol. The molecule has 0 N–H and O–H groups in total. The Kier molecular flexibility index (Phi) is 71.6. The molecule has 0 nitrogen and oxygen atoms in total. The average molecular weight is 243 g/mol. The topological polar surface area (TPSA) is 0 Å². The third-order valence-corrected chi connectivity index (χ3v) is 0.500. The SMILES string of the molecule is [CH2-]CC[CH2-].[CH2-]CC[CH2-].[Zn+2].[Zn+2]. The molecule has 0 aromatic carbocycles. The van der Waals surface area contributed by atoms with E-state index in [9.17, 15) is 0 Å². The van der Waals surface area contributed by atoms with Crippen LogP contribution in [0.1, 0.15) is 25.7 Å². The van der Waals surface area contributed by atoms with E-state index < -0.39 is 0 Å². The second-order valence-corrected chi connectivity index (χ2v) is 1.41. The Bertz CT molecular complexity index is 15.2. The van der Waals surface area contributed by atoms with Gasteiger partial charge in [0.1, 0.15) is 0 Å². The van der Waals surface area contributed by atoms with Crippen LogP contribution in [-0.2, 0) is 39.0 Å². The molecule has 0 unspecified atom stereocenters. The summed E-state index contributed by atoms with van der Waals surface area (Å²) in [4.78, 5) is 0. The third-order valence-electron chi connectivity index (χ3n) is 0.500. The Morgan fingerprint density at radius 2 is 0.600 bits per heavy atom. The molecule has 52 valence electrons. The Labute approximate surface area is 92.1 Å². The minimum absolute atomic E-state index is 0. The zero-order valence-electron chi connectivity index (χ0n) is 7.07. The van der Waals surface area contributed by atoms with Crippen LogP contribution in [0.2, 0.25) is 0 Å². The van der Waals surface area contributed by atoms with E-state index in [0.29, 0.717) is 0 Å². The summed E-state index contributed by atoms with van der Waals surface area (Å²) >= 11 is 0. The van der Waals surface area contributed by atoms with E-state index >= 15 is 0 Å². The number of hydrogen-bond donors (Lipinski definition) is 0. The van der Waals surface area contributed by atoms with Crippen LogP contribution in [0.5, 0.6) is 0 Å². The molecule has 0 aromatic rings. The first-order valence-corrected chi connectivity index (χ1v) is 3.00. The molecule has 0 saturated heterocycles. The molecule has 10 heavy (non-hydrogen) atoms. The summed E-state index contributed by atoms with van der Waals surface area (Å²) in [5.41, 5.74) is 0. The van der Waals surface area contributed by atoms with Crippen LogP contribution < -0.4 is 0 Å². The van der Waals surface area contributed by atoms with Crippen LogP contribution in [0.3, 0.4) is 0 Å². The molecule has 0 heterocycles. The molecule has 0 aliphatic heterocycles. The minimum Gasteiger partial charge on any atom is -0.346 e. The molecule has 0 saturated carbocycles. The van der Waals surface area contributed by atoms with Crippen molar-refractivity contribution in [3.63, 3.8) is 0 Å². The van der Waals surface area contributed by atoms with Crippen molar-refractivity contribution in [1.29, 1.82) is 0 Å². The van der Waals surface area contributed by atoms with Crippen LogP contribution in [0, 0.1) is 27.7 Å². The molecule has 0 amide bonds. The Morgan fingerprint density at radius 1 is 0.500 bits per heavy atom. The Balaban J connectivity index is -0.0000000300. The van der Waals surface area contributed by atoms with Gasteiger partial charge in [-0.2, -0.15) is 0 Å². The first-order valence-electron chi connectivity index (χ1n) is 3.00. The fourth-order valence-corrected chi connectivity index (χ4v) is 0. The number of hydrogen-bond acceptors (Lipinski definition) is 0. The van der Waals surface area contributed by atoms with Crippen molar-refractivity contribution in [2.45, 2.75) is 25.7 Å². The van der Waals surface area contributed by atoms with Crippen molar-refractivity contribution in [3.8, 4) is 0 Å². The second kappa shape index (κ2) is 31.8. The molecular formula is C8H16Zn2. The Morgan fingerprint density at radius 3 is 0.600 bits per heavy atom. The summed E-state index contributed by atoms with van der Waals surface area (Å²) in [6.45, 7) is 14.2. The normalized spacial score (nSPS) is 6.00. The molecule has 0 aromatic heterocycles. The van der Waals surface area contributed by atoms with Gasteiger partial charge in [-0.15, -0.1) is 0 Å². The van der Waals surface area contributed by atoms with E-state index in [1.807, 2.05) is 0 Å². The van der Waals surface area contributed by atoms with Gasteiger partial charge in [-0.25, -0.2) is 25.7 Å². The second-order valence-electron chi connectivity index (χ2n) is 1.41. The maximum absolute atomic E-state index is 3.54. The summed E-state index contributed by atoms with van der Waals surface area (Å²) < 4.78 is 0. The van der Waals surface area contributed by atoms with Crippen molar-refractivity contribution in [3.05, 3.63) is 27.7 Å². The zero-order chi connectivity index (χ0) is 6.83. The van der Waals surface area contributed by atoms with E-state index in [1.54, 1.807) is 0 Å². The van der Waals surface area contributed by atoms with Crippen molar-refractivity contribution >= 4 is 0 Å². The van der Waals surface area contributed by atoms with Crippen LogP contribution in [0.4, 0.5) is 0 Å². The molecule has 0 rings (SSSR count). The number of unbranched alkanes of at least 4 members (excludes halogenated alkanes) is 2. The molecule has 0 spiro atoms. The Hall–Kier alpha value is 1.25. The maximum Gasteiger partial charge on any atom is 2.00 e. The van der Waals surface area contributed by atoms with Gasteiger partial charge in [0.2, 0.25) is 0 Å². The molecule has 0 atom stereocenters. The summed E-state index contributed by atoms with van der Waals surface area (Å²) in [5, 5.41) is 0.